The highest BCUT2D eigenvalue weighted by molar-refractivity contribution is 5.79. The first-order valence-electron chi connectivity index (χ1n) is 5.89. The van der Waals surface area contributed by atoms with Crippen molar-refractivity contribution in [2.45, 2.75) is 51.9 Å². The van der Waals surface area contributed by atoms with Gasteiger partial charge >= 0.3 is 5.97 Å². The molecular formula is C12H20O3. The topological polar surface area (TPSA) is 43.4 Å². The Bertz CT molecular complexity index is 213. The van der Waals surface area contributed by atoms with Crippen LogP contribution >= 0.6 is 0 Å². The molecule has 1 aliphatic carbocycles. The lowest BCUT2D eigenvalue weighted by Crippen LogP contribution is -2.14. The second-order valence-electron chi connectivity index (χ2n) is 4.18. The van der Waals surface area contributed by atoms with Gasteiger partial charge in [0.1, 0.15) is 5.78 Å². The average Bonchev–Trinajstić information content (AvgIpc) is 2.21. The lowest BCUT2D eigenvalue weighted by molar-refractivity contribution is -0.143. The number of ketones is 1. The minimum absolute atomic E-state index is 0.0932. The summed E-state index contributed by atoms with van der Waals surface area (Å²) in [6.07, 6.45) is 6.00. The molecule has 0 aromatic heterocycles. The third kappa shape index (κ3) is 4.96. The van der Waals surface area contributed by atoms with E-state index in [4.69, 9.17) is 4.74 Å². The summed E-state index contributed by atoms with van der Waals surface area (Å²) in [5.41, 5.74) is 0. The van der Waals surface area contributed by atoms with Crippen LogP contribution in [-0.4, -0.2) is 18.4 Å². The molecule has 1 fully saturated rings. The molecule has 0 radical (unpaired) electrons. The molecule has 0 heterocycles. The Morgan fingerprint density at radius 1 is 1.40 bits per heavy atom. The van der Waals surface area contributed by atoms with Crippen molar-refractivity contribution in [1.29, 1.82) is 0 Å². The number of carbonyl (C=O) groups excluding carboxylic acids is 2. The van der Waals surface area contributed by atoms with E-state index in [0.717, 1.165) is 38.5 Å². The van der Waals surface area contributed by atoms with E-state index in [1.165, 1.54) is 0 Å². The summed E-state index contributed by atoms with van der Waals surface area (Å²) in [5.74, 6) is 0.957. The maximum Gasteiger partial charge on any atom is 0.305 e. The molecule has 1 rings (SSSR count). The number of hydrogen-bond donors (Lipinski definition) is 0. The molecule has 0 N–H and O–H groups in total. The van der Waals surface area contributed by atoms with Gasteiger partial charge in [-0.15, -0.1) is 0 Å². The summed E-state index contributed by atoms with van der Waals surface area (Å²) in [5, 5.41) is 0. The SMILES string of the molecule is CCOC(=O)CCCC1CCC(=O)CC1. The Morgan fingerprint density at radius 2 is 2.07 bits per heavy atom. The fourth-order valence-electron chi connectivity index (χ4n) is 2.06. The summed E-state index contributed by atoms with van der Waals surface area (Å²) < 4.78 is 4.86. The van der Waals surface area contributed by atoms with E-state index in [2.05, 4.69) is 0 Å². The van der Waals surface area contributed by atoms with Gasteiger partial charge in [0.25, 0.3) is 0 Å². The Labute approximate surface area is 91.2 Å². The molecule has 0 aliphatic heterocycles. The first-order chi connectivity index (χ1) is 7.22. The Balaban J connectivity index is 2.05. The maximum atomic E-state index is 11.1. The van der Waals surface area contributed by atoms with E-state index in [0.29, 0.717) is 24.7 Å². The molecule has 86 valence electrons. The minimum Gasteiger partial charge on any atom is -0.466 e. The van der Waals surface area contributed by atoms with Gasteiger partial charge in [-0.3, -0.25) is 9.59 Å². The van der Waals surface area contributed by atoms with Crippen LogP contribution in [0, 0.1) is 5.92 Å². The summed E-state index contributed by atoms with van der Waals surface area (Å²) in [6, 6.07) is 0. The minimum atomic E-state index is -0.0932. The van der Waals surface area contributed by atoms with Gasteiger partial charge in [-0.25, -0.2) is 0 Å². The Hall–Kier alpha value is -0.860. The van der Waals surface area contributed by atoms with E-state index in [-0.39, 0.29) is 5.97 Å². The summed E-state index contributed by atoms with van der Waals surface area (Å²) >= 11 is 0. The molecule has 0 saturated heterocycles. The molecule has 3 nitrogen and oxygen atoms in total. The average molecular weight is 212 g/mol. The van der Waals surface area contributed by atoms with Crippen molar-refractivity contribution in [2.24, 2.45) is 5.92 Å². The lowest BCUT2D eigenvalue weighted by atomic mass is 9.85. The summed E-state index contributed by atoms with van der Waals surface area (Å²) in [7, 11) is 0. The van der Waals surface area contributed by atoms with Crippen molar-refractivity contribution in [3.8, 4) is 0 Å². The summed E-state index contributed by atoms with van der Waals surface area (Å²) in [4.78, 5) is 22.1. The summed E-state index contributed by atoms with van der Waals surface area (Å²) in [6.45, 7) is 2.29. The zero-order chi connectivity index (χ0) is 11.1. The van der Waals surface area contributed by atoms with Gasteiger partial charge in [-0.05, 0) is 38.5 Å². The zero-order valence-electron chi connectivity index (χ0n) is 9.46. The molecule has 3 heteroatoms. The highest BCUT2D eigenvalue weighted by atomic mass is 16.5. The predicted molar refractivity (Wildman–Crippen MR) is 57.4 cm³/mol. The third-order valence-electron chi connectivity index (χ3n) is 2.96. The standard InChI is InChI=1S/C12H20O3/c1-2-15-12(14)5-3-4-10-6-8-11(13)9-7-10/h10H,2-9H2,1H3. The third-order valence-corrected chi connectivity index (χ3v) is 2.96. The second-order valence-corrected chi connectivity index (χ2v) is 4.18. The van der Waals surface area contributed by atoms with Crippen molar-refractivity contribution in [2.75, 3.05) is 6.61 Å². The fraction of sp³-hybridized carbons (Fsp3) is 0.833. The molecular weight excluding hydrogens is 192 g/mol. The molecule has 0 atom stereocenters. The monoisotopic (exact) mass is 212 g/mol. The zero-order valence-corrected chi connectivity index (χ0v) is 9.46. The van der Waals surface area contributed by atoms with Crippen LogP contribution in [0.2, 0.25) is 0 Å². The van der Waals surface area contributed by atoms with Gasteiger partial charge in [0.15, 0.2) is 0 Å². The van der Waals surface area contributed by atoms with Gasteiger partial charge in [0.05, 0.1) is 6.61 Å². The molecule has 0 unspecified atom stereocenters. The number of hydrogen-bond acceptors (Lipinski definition) is 3. The van der Waals surface area contributed by atoms with E-state index in [1.807, 2.05) is 6.92 Å². The maximum absolute atomic E-state index is 11.1. The highest BCUT2D eigenvalue weighted by Gasteiger charge is 2.18. The molecule has 0 spiro atoms. The van der Waals surface area contributed by atoms with Gasteiger partial charge in [0.2, 0.25) is 0 Å². The number of ether oxygens (including phenoxy) is 1. The van der Waals surface area contributed by atoms with Crippen LogP contribution in [0.4, 0.5) is 0 Å². The van der Waals surface area contributed by atoms with Crippen LogP contribution in [0.5, 0.6) is 0 Å². The second kappa shape index (κ2) is 6.59. The lowest BCUT2D eigenvalue weighted by Gasteiger charge is -2.20. The number of Topliss-reactive ketones (excluding diaryl/α,β-unsaturated/α-hetero) is 1. The van der Waals surface area contributed by atoms with Gasteiger partial charge in [-0.1, -0.05) is 0 Å². The largest absolute Gasteiger partial charge is 0.466 e. The van der Waals surface area contributed by atoms with Crippen molar-refractivity contribution >= 4 is 11.8 Å². The van der Waals surface area contributed by atoms with Crippen LogP contribution in [0.3, 0.4) is 0 Å². The predicted octanol–water partition coefficient (Wildman–Crippen LogP) is 2.48. The van der Waals surface area contributed by atoms with E-state index < -0.39 is 0 Å². The highest BCUT2D eigenvalue weighted by Crippen LogP contribution is 2.25. The molecule has 0 aromatic rings. The smallest absolute Gasteiger partial charge is 0.305 e. The van der Waals surface area contributed by atoms with Crippen molar-refractivity contribution in [1.82, 2.24) is 0 Å². The number of esters is 1. The molecule has 0 amide bonds. The van der Waals surface area contributed by atoms with Crippen LogP contribution in [-0.2, 0) is 14.3 Å². The first kappa shape index (κ1) is 12.2. The van der Waals surface area contributed by atoms with E-state index in [1.54, 1.807) is 0 Å². The molecule has 0 bridgehead atoms. The Kier molecular flexibility index (Phi) is 5.37. The molecule has 1 aliphatic rings. The number of rotatable bonds is 5. The Morgan fingerprint density at radius 3 is 2.67 bits per heavy atom. The van der Waals surface area contributed by atoms with Gasteiger partial charge in [-0.2, -0.15) is 0 Å². The quantitative estimate of drug-likeness (QED) is 0.657. The normalized spacial score (nSPS) is 17.8. The van der Waals surface area contributed by atoms with Crippen molar-refractivity contribution in [3.63, 3.8) is 0 Å². The van der Waals surface area contributed by atoms with Crippen LogP contribution in [0.1, 0.15) is 51.9 Å². The molecule has 0 aromatic carbocycles. The van der Waals surface area contributed by atoms with Crippen LogP contribution in [0.15, 0.2) is 0 Å². The molecule has 1 saturated carbocycles. The first-order valence-corrected chi connectivity index (χ1v) is 5.89. The van der Waals surface area contributed by atoms with Gasteiger partial charge in [0, 0.05) is 19.3 Å². The van der Waals surface area contributed by atoms with Gasteiger partial charge < -0.3 is 4.74 Å². The van der Waals surface area contributed by atoms with E-state index >= 15 is 0 Å². The van der Waals surface area contributed by atoms with Crippen molar-refractivity contribution in [3.05, 3.63) is 0 Å². The fourth-order valence-corrected chi connectivity index (χ4v) is 2.06. The van der Waals surface area contributed by atoms with Crippen molar-refractivity contribution < 1.29 is 14.3 Å². The van der Waals surface area contributed by atoms with E-state index in [9.17, 15) is 9.59 Å². The van der Waals surface area contributed by atoms with Crippen LogP contribution < -0.4 is 0 Å². The number of carbonyl (C=O) groups is 2. The van der Waals surface area contributed by atoms with Crippen LogP contribution in [0.25, 0.3) is 0 Å². The molecule has 15 heavy (non-hydrogen) atoms.